The van der Waals surface area contributed by atoms with Crippen molar-refractivity contribution in [2.24, 2.45) is 7.05 Å². The number of aliphatic hydroxyl groups is 1. The van der Waals surface area contributed by atoms with Crippen LogP contribution < -0.4 is 5.32 Å². The molecule has 2 rings (SSSR count). The van der Waals surface area contributed by atoms with Gasteiger partial charge in [-0.3, -0.25) is 4.79 Å². The third-order valence-corrected chi connectivity index (χ3v) is 3.42. The van der Waals surface area contributed by atoms with E-state index >= 15 is 0 Å². The zero-order valence-corrected chi connectivity index (χ0v) is 12.7. The summed E-state index contributed by atoms with van der Waals surface area (Å²) in [5.41, 5.74) is 1.32. The molecule has 0 aliphatic heterocycles. The number of anilines is 1. The topological polar surface area (TPSA) is 117 Å². The number of carbonyl (C=O) groups excluding carboxylic acids is 1. The molecule has 0 saturated carbocycles. The molecule has 0 fully saturated rings. The molecule has 1 aromatic heterocycles. The van der Waals surface area contributed by atoms with Crippen LogP contribution in [0.3, 0.4) is 0 Å². The molecule has 0 amide bonds. The van der Waals surface area contributed by atoms with Crippen molar-refractivity contribution in [2.75, 3.05) is 18.5 Å². The number of esters is 1. The van der Waals surface area contributed by atoms with E-state index in [0.29, 0.717) is 22.6 Å². The van der Waals surface area contributed by atoms with E-state index in [-0.39, 0.29) is 36.8 Å². The number of hydrogen-bond donors (Lipinski definition) is 4. The number of nitrogens with zero attached hydrogens (tertiary/aromatic N) is 2. The van der Waals surface area contributed by atoms with Crippen molar-refractivity contribution in [2.45, 2.75) is 20.5 Å². The maximum absolute atomic E-state index is 10.9. The minimum absolute atomic E-state index is 0.0303. The minimum atomic E-state index is -0.443. The van der Waals surface area contributed by atoms with Gasteiger partial charge in [0.25, 0.3) is 0 Å². The van der Waals surface area contributed by atoms with Gasteiger partial charge in [0, 0.05) is 26.1 Å². The van der Waals surface area contributed by atoms with E-state index in [1.807, 2.05) is 0 Å². The predicted octanol–water partition coefficient (Wildman–Crippen LogP) is 0.760. The lowest BCUT2D eigenvalue weighted by Gasteiger charge is -2.13. The monoisotopic (exact) mass is 309 g/mol. The van der Waals surface area contributed by atoms with Crippen molar-refractivity contribution in [1.82, 2.24) is 9.55 Å². The molecule has 0 atom stereocenters. The molecule has 0 unspecified atom stereocenters. The van der Waals surface area contributed by atoms with Crippen LogP contribution in [0.25, 0.3) is 11.0 Å². The van der Waals surface area contributed by atoms with Crippen molar-refractivity contribution in [3.63, 3.8) is 0 Å². The Kier molecular flexibility index (Phi) is 4.41. The molecule has 1 aromatic carbocycles. The van der Waals surface area contributed by atoms with Crippen LogP contribution in [-0.4, -0.2) is 44.0 Å². The fourth-order valence-electron chi connectivity index (χ4n) is 2.27. The van der Waals surface area contributed by atoms with Crippen molar-refractivity contribution < 1.29 is 24.9 Å². The summed E-state index contributed by atoms with van der Waals surface area (Å²) >= 11 is 0. The maximum atomic E-state index is 10.9. The predicted molar refractivity (Wildman–Crippen MR) is 79.8 cm³/mol. The quantitative estimate of drug-likeness (QED) is 0.366. The Morgan fingerprint density at radius 2 is 2.05 bits per heavy atom. The number of fused-ring (bicyclic) bond motifs is 1. The molecule has 8 heteroatoms. The molecular weight excluding hydrogens is 290 g/mol. The molecule has 4 N–H and O–H groups in total. The third-order valence-electron chi connectivity index (χ3n) is 3.42. The molecule has 0 saturated heterocycles. The van der Waals surface area contributed by atoms with Gasteiger partial charge in [-0.2, -0.15) is 0 Å². The number of aryl methyl sites for hydroxylation is 1. The van der Waals surface area contributed by atoms with E-state index in [9.17, 15) is 15.0 Å². The summed E-state index contributed by atoms with van der Waals surface area (Å²) in [6, 6.07) is 0. The Bertz CT molecular complexity index is 723. The lowest BCUT2D eigenvalue weighted by Crippen LogP contribution is -2.07. The molecule has 0 radical (unpaired) electrons. The number of phenolic OH excluding ortho intramolecular Hbond substituents is 2. The number of imidazole rings is 1. The number of carbonyl (C=O) groups is 1. The van der Waals surface area contributed by atoms with Crippen LogP contribution in [0.2, 0.25) is 0 Å². The number of hydrogen-bond acceptors (Lipinski definition) is 7. The molecular formula is C14H19N3O5. The van der Waals surface area contributed by atoms with Gasteiger partial charge in [0.05, 0.1) is 12.3 Å². The smallest absolute Gasteiger partial charge is 0.303 e. The van der Waals surface area contributed by atoms with Crippen LogP contribution in [0, 0.1) is 6.92 Å². The van der Waals surface area contributed by atoms with Crippen LogP contribution in [0.1, 0.15) is 18.3 Å². The SMILES string of the molecule is CC(=O)OCc1nc2c(O)c(NCCO)c(C)c(O)c2n1C. The van der Waals surface area contributed by atoms with Crippen molar-refractivity contribution in [1.29, 1.82) is 0 Å². The Morgan fingerprint density at radius 3 is 2.64 bits per heavy atom. The average Bonchev–Trinajstić information content (AvgIpc) is 2.80. The van der Waals surface area contributed by atoms with Gasteiger partial charge in [-0.15, -0.1) is 0 Å². The zero-order valence-electron chi connectivity index (χ0n) is 12.7. The number of ether oxygens (including phenoxy) is 1. The van der Waals surface area contributed by atoms with Gasteiger partial charge in [-0.05, 0) is 6.92 Å². The molecule has 0 aliphatic carbocycles. The fourth-order valence-corrected chi connectivity index (χ4v) is 2.27. The Balaban J connectivity index is 2.58. The highest BCUT2D eigenvalue weighted by molar-refractivity contribution is 5.95. The first-order valence-electron chi connectivity index (χ1n) is 6.76. The number of aromatic nitrogens is 2. The standard InChI is InChI=1S/C14H19N3O5/c1-7-10(15-4-5-18)14(21)11-12(13(7)20)17(3)9(16-11)6-22-8(2)19/h15,18,20-21H,4-6H2,1-3H3. The lowest BCUT2D eigenvalue weighted by atomic mass is 10.1. The highest BCUT2D eigenvalue weighted by Gasteiger charge is 2.22. The van der Waals surface area contributed by atoms with E-state index in [1.54, 1.807) is 18.5 Å². The summed E-state index contributed by atoms with van der Waals surface area (Å²) in [6.45, 7) is 2.99. The molecule has 8 nitrogen and oxygen atoms in total. The number of phenols is 2. The Labute approximate surface area is 127 Å². The number of benzene rings is 1. The maximum Gasteiger partial charge on any atom is 0.303 e. The molecule has 120 valence electrons. The van der Waals surface area contributed by atoms with E-state index in [0.717, 1.165) is 0 Å². The summed E-state index contributed by atoms with van der Waals surface area (Å²) in [5, 5.41) is 32.4. The molecule has 0 bridgehead atoms. The molecule has 1 heterocycles. The van der Waals surface area contributed by atoms with Crippen molar-refractivity contribution >= 4 is 22.7 Å². The first-order valence-corrected chi connectivity index (χ1v) is 6.76. The van der Waals surface area contributed by atoms with Crippen molar-refractivity contribution in [3.8, 4) is 11.5 Å². The Morgan fingerprint density at radius 1 is 1.36 bits per heavy atom. The van der Waals surface area contributed by atoms with Crippen LogP contribution in [-0.2, 0) is 23.2 Å². The summed E-state index contributed by atoms with van der Waals surface area (Å²) in [7, 11) is 1.66. The van der Waals surface area contributed by atoms with Gasteiger partial charge in [0.15, 0.2) is 5.75 Å². The van der Waals surface area contributed by atoms with E-state index in [4.69, 9.17) is 9.84 Å². The van der Waals surface area contributed by atoms with Gasteiger partial charge in [-0.1, -0.05) is 0 Å². The van der Waals surface area contributed by atoms with Gasteiger partial charge < -0.3 is 29.9 Å². The largest absolute Gasteiger partial charge is 0.505 e. The number of aromatic hydroxyl groups is 2. The Hall–Kier alpha value is -2.48. The van der Waals surface area contributed by atoms with Gasteiger partial charge in [0.2, 0.25) is 0 Å². The van der Waals surface area contributed by atoms with Crippen LogP contribution in [0.5, 0.6) is 11.5 Å². The lowest BCUT2D eigenvalue weighted by molar-refractivity contribution is -0.142. The molecule has 0 aliphatic rings. The average molecular weight is 309 g/mol. The first-order chi connectivity index (χ1) is 10.4. The summed E-state index contributed by atoms with van der Waals surface area (Å²) in [6.07, 6.45) is 0. The first kappa shape index (κ1) is 15.9. The van der Waals surface area contributed by atoms with Crippen LogP contribution in [0.4, 0.5) is 5.69 Å². The second-order valence-corrected chi connectivity index (χ2v) is 4.91. The van der Waals surface area contributed by atoms with Crippen LogP contribution in [0.15, 0.2) is 0 Å². The summed E-state index contributed by atoms with van der Waals surface area (Å²) < 4.78 is 6.47. The molecule has 0 spiro atoms. The highest BCUT2D eigenvalue weighted by Crippen LogP contribution is 2.42. The zero-order chi connectivity index (χ0) is 16.4. The number of rotatable bonds is 5. The van der Waals surface area contributed by atoms with Gasteiger partial charge >= 0.3 is 5.97 Å². The third kappa shape index (κ3) is 2.64. The summed E-state index contributed by atoms with van der Waals surface area (Å²) in [5.74, 6) is -0.197. The van der Waals surface area contributed by atoms with Crippen molar-refractivity contribution in [3.05, 3.63) is 11.4 Å². The fraction of sp³-hybridized carbons (Fsp3) is 0.429. The molecule has 22 heavy (non-hydrogen) atoms. The minimum Gasteiger partial charge on any atom is -0.505 e. The highest BCUT2D eigenvalue weighted by atomic mass is 16.5. The van der Waals surface area contributed by atoms with Gasteiger partial charge in [-0.25, -0.2) is 4.98 Å². The second kappa shape index (κ2) is 6.10. The van der Waals surface area contributed by atoms with E-state index in [2.05, 4.69) is 10.3 Å². The number of nitrogens with one attached hydrogen (secondary N) is 1. The summed E-state index contributed by atoms with van der Waals surface area (Å²) in [4.78, 5) is 15.1. The van der Waals surface area contributed by atoms with E-state index in [1.165, 1.54) is 6.92 Å². The van der Waals surface area contributed by atoms with Gasteiger partial charge in [0.1, 0.15) is 29.2 Å². The van der Waals surface area contributed by atoms with E-state index < -0.39 is 5.97 Å². The molecule has 2 aromatic rings. The normalized spacial score (nSPS) is 10.9. The second-order valence-electron chi connectivity index (χ2n) is 4.91. The van der Waals surface area contributed by atoms with Crippen LogP contribution >= 0.6 is 0 Å². The number of aliphatic hydroxyl groups excluding tert-OH is 1.